The van der Waals surface area contributed by atoms with Crippen molar-refractivity contribution < 1.29 is 0 Å². The average Bonchev–Trinajstić information content (AvgIpc) is 2.19. The SMILES string of the molecule is C=C/C=C(\C=C/C)N(CC)CCN(C)C. The highest BCUT2D eigenvalue weighted by Crippen LogP contribution is 2.06. The lowest BCUT2D eigenvalue weighted by Gasteiger charge is -2.25. The molecule has 0 fully saturated rings. The van der Waals surface area contributed by atoms with Crippen molar-refractivity contribution in [3.8, 4) is 0 Å². The Morgan fingerprint density at radius 3 is 2.33 bits per heavy atom. The largest absolute Gasteiger partial charge is 0.371 e. The maximum absolute atomic E-state index is 3.75. The maximum Gasteiger partial charge on any atom is 0.0363 e. The molecule has 86 valence electrons. The van der Waals surface area contributed by atoms with Crippen LogP contribution in [0.25, 0.3) is 0 Å². The van der Waals surface area contributed by atoms with Crippen LogP contribution < -0.4 is 0 Å². The molecule has 0 spiro atoms. The monoisotopic (exact) mass is 208 g/mol. The number of nitrogens with zero attached hydrogens (tertiary/aromatic N) is 2. The Hall–Kier alpha value is -1.02. The molecule has 0 aliphatic carbocycles. The molecule has 0 heterocycles. The first-order chi connectivity index (χ1) is 7.15. The van der Waals surface area contributed by atoms with Crippen LogP contribution in [0.1, 0.15) is 13.8 Å². The molecule has 0 N–H and O–H groups in total. The lowest BCUT2D eigenvalue weighted by atomic mass is 10.3. The Balaban J connectivity index is 4.45. The van der Waals surface area contributed by atoms with Crippen LogP contribution in [0.5, 0.6) is 0 Å². The van der Waals surface area contributed by atoms with Gasteiger partial charge in [0.25, 0.3) is 0 Å². The third-order valence-electron chi connectivity index (χ3n) is 2.19. The van der Waals surface area contributed by atoms with Crippen LogP contribution >= 0.6 is 0 Å². The van der Waals surface area contributed by atoms with Crippen LogP contribution in [0, 0.1) is 0 Å². The van der Waals surface area contributed by atoms with Crippen molar-refractivity contribution in [2.24, 2.45) is 0 Å². The van der Waals surface area contributed by atoms with E-state index in [9.17, 15) is 0 Å². The minimum Gasteiger partial charge on any atom is -0.371 e. The second-order valence-electron chi connectivity index (χ2n) is 3.71. The molecule has 0 saturated carbocycles. The van der Waals surface area contributed by atoms with Crippen LogP contribution in [0.4, 0.5) is 0 Å². The zero-order chi connectivity index (χ0) is 11.7. The molecule has 0 rings (SSSR count). The summed E-state index contributed by atoms with van der Waals surface area (Å²) in [7, 11) is 4.20. The number of likely N-dealkylation sites (N-methyl/N-ethyl adjacent to an activating group) is 2. The van der Waals surface area contributed by atoms with Crippen molar-refractivity contribution in [3.05, 3.63) is 36.6 Å². The fraction of sp³-hybridized carbons (Fsp3) is 0.538. The van der Waals surface area contributed by atoms with Gasteiger partial charge < -0.3 is 9.80 Å². The zero-order valence-corrected chi connectivity index (χ0v) is 10.5. The summed E-state index contributed by atoms with van der Waals surface area (Å²) in [5.74, 6) is 0. The fourth-order valence-electron chi connectivity index (χ4n) is 1.35. The number of rotatable bonds is 7. The van der Waals surface area contributed by atoms with Gasteiger partial charge in [-0.3, -0.25) is 0 Å². The highest BCUT2D eigenvalue weighted by atomic mass is 15.2. The average molecular weight is 208 g/mol. The summed E-state index contributed by atoms with van der Waals surface area (Å²) in [6.45, 7) is 11.1. The van der Waals surface area contributed by atoms with Gasteiger partial charge in [-0.2, -0.15) is 0 Å². The van der Waals surface area contributed by atoms with Crippen LogP contribution in [-0.2, 0) is 0 Å². The predicted octanol–water partition coefficient (Wildman–Crippen LogP) is 2.52. The molecule has 0 aromatic rings. The van der Waals surface area contributed by atoms with E-state index in [4.69, 9.17) is 0 Å². The molecule has 0 amide bonds. The Bertz CT molecular complexity index is 227. The number of allylic oxidation sites excluding steroid dienone is 4. The van der Waals surface area contributed by atoms with Gasteiger partial charge in [0.15, 0.2) is 0 Å². The fourth-order valence-corrected chi connectivity index (χ4v) is 1.35. The van der Waals surface area contributed by atoms with Gasteiger partial charge >= 0.3 is 0 Å². The molecule has 0 atom stereocenters. The van der Waals surface area contributed by atoms with E-state index in [1.54, 1.807) is 0 Å². The van der Waals surface area contributed by atoms with Crippen molar-refractivity contribution in [1.82, 2.24) is 9.80 Å². The Kier molecular flexibility index (Phi) is 7.74. The summed E-state index contributed by atoms with van der Waals surface area (Å²) in [5, 5.41) is 0. The molecule has 0 aromatic carbocycles. The lowest BCUT2D eigenvalue weighted by Crippen LogP contribution is -2.30. The van der Waals surface area contributed by atoms with E-state index in [0.717, 1.165) is 19.6 Å². The van der Waals surface area contributed by atoms with Crippen molar-refractivity contribution in [2.45, 2.75) is 13.8 Å². The van der Waals surface area contributed by atoms with E-state index in [0.29, 0.717) is 0 Å². The molecule has 0 aliphatic rings. The molecule has 2 nitrogen and oxygen atoms in total. The quantitative estimate of drug-likeness (QED) is 0.593. The van der Waals surface area contributed by atoms with Gasteiger partial charge in [0, 0.05) is 25.3 Å². The van der Waals surface area contributed by atoms with Gasteiger partial charge in [-0.1, -0.05) is 18.7 Å². The van der Waals surface area contributed by atoms with Crippen LogP contribution in [0.3, 0.4) is 0 Å². The normalized spacial score (nSPS) is 12.5. The highest BCUT2D eigenvalue weighted by molar-refractivity contribution is 5.21. The first-order valence-corrected chi connectivity index (χ1v) is 5.50. The maximum atomic E-state index is 3.75. The highest BCUT2D eigenvalue weighted by Gasteiger charge is 2.03. The molecule has 2 heteroatoms. The molecule has 15 heavy (non-hydrogen) atoms. The van der Waals surface area contributed by atoms with Gasteiger partial charge in [0.1, 0.15) is 0 Å². The summed E-state index contributed by atoms with van der Waals surface area (Å²) < 4.78 is 0. The first kappa shape index (κ1) is 14.0. The number of hydrogen-bond donors (Lipinski definition) is 0. The standard InChI is InChI=1S/C13H24N2/c1-6-9-13(10-7-2)15(8-3)12-11-14(4)5/h6-7,9-10H,1,8,11-12H2,2-5H3/b10-7-,13-9+. The van der Waals surface area contributed by atoms with Gasteiger partial charge in [0.2, 0.25) is 0 Å². The summed E-state index contributed by atoms with van der Waals surface area (Å²) in [5.41, 5.74) is 1.23. The molecular formula is C13H24N2. The molecule has 0 saturated heterocycles. The van der Waals surface area contributed by atoms with Crippen LogP contribution in [0.2, 0.25) is 0 Å². The van der Waals surface area contributed by atoms with Crippen molar-refractivity contribution >= 4 is 0 Å². The molecule has 0 bridgehead atoms. The minimum atomic E-state index is 1.03. The zero-order valence-electron chi connectivity index (χ0n) is 10.5. The van der Waals surface area contributed by atoms with Gasteiger partial charge in [-0.25, -0.2) is 0 Å². The van der Waals surface area contributed by atoms with E-state index >= 15 is 0 Å². The summed E-state index contributed by atoms with van der Waals surface area (Å²) in [6, 6.07) is 0. The second kappa shape index (κ2) is 8.30. The van der Waals surface area contributed by atoms with E-state index in [2.05, 4.69) is 55.6 Å². The first-order valence-electron chi connectivity index (χ1n) is 5.50. The molecule has 0 unspecified atom stereocenters. The van der Waals surface area contributed by atoms with E-state index in [1.165, 1.54) is 5.70 Å². The third kappa shape index (κ3) is 6.13. The minimum absolute atomic E-state index is 1.03. The summed E-state index contributed by atoms with van der Waals surface area (Å²) in [4.78, 5) is 4.55. The Morgan fingerprint density at radius 1 is 1.27 bits per heavy atom. The van der Waals surface area contributed by atoms with E-state index in [-0.39, 0.29) is 0 Å². The lowest BCUT2D eigenvalue weighted by molar-refractivity contribution is 0.305. The van der Waals surface area contributed by atoms with Crippen LogP contribution in [0.15, 0.2) is 36.6 Å². The van der Waals surface area contributed by atoms with Gasteiger partial charge in [-0.05, 0) is 40.1 Å². The predicted molar refractivity (Wildman–Crippen MR) is 68.9 cm³/mol. The third-order valence-corrected chi connectivity index (χ3v) is 2.19. The summed E-state index contributed by atoms with van der Waals surface area (Å²) >= 11 is 0. The van der Waals surface area contributed by atoms with Crippen LogP contribution in [-0.4, -0.2) is 43.5 Å². The second-order valence-corrected chi connectivity index (χ2v) is 3.71. The summed E-state index contributed by atoms with van der Waals surface area (Å²) in [6.07, 6.45) is 8.08. The van der Waals surface area contributed by atoms with Crippen molar-refractivity contribution in [3.63, 3.8) is 0 Å². The Morgan fingerprint density at radius 2 is 1.93 bits per heavy atom. The number of hydrogen-bond acceptors (Lipinski definition) is 2. The van der Waals surface area contributed by atoms with Gasteiger partial charge in [-0.15, -0.1) is 0 Å². The topological polar surface area (TPSA) is 6.48 Å². The smallest absolute Gasteiger partial charge is 0.0363 e. The molecule has 0 radical (unpaired) electrons. The molecule has 0 aromatic heterocycles. The molecule has 0 aliphatic heterocycles. The Labute approximate surface area is 94.6 Å². The van der Waals surface area contributed by atoms with Crippen molar-refractivity contribution in [1.29, 1.82) is 0 Å². The van der Waals surface area contributed by atoms with E-state index in [1.807, 2.05) is 13.0 Å². The molecular weight excluding hydrogens is 184 g/mol. The van der Waals surface area contributed by atoms with E-state index < -0.39 is 0 Å². The van der Waals surface area contributed by atoms with Crippen molar-refractivity contribution in [2.75, 3.05) is 33.7 Å². The van der Waals surface area contributed by atoms with Gasteiger partial charge in [0.05, 0.1) is 0 Å².